The zero-order valence-electron chi connectivity index (χ0n) is 12.9. The number of amides is 2. The number of aromatic carboxylic acids is 1. The van der Waals surface area contributed by atoms with Crippen LogP contribution in [-0.2, 0) is 11.2 Å². The van der Waals surface area contributed by atoms with Crippen molar-refractivity contribution in [3.05, 3.63) is 65.2 Å². The number of hydrazine groups is 1. The summed E-state index contributed by atoms with van der Waals surface area (Å²) in [6.07, 6.45) is 0.0604. The fourth-order valence-corrected chi connectivity index (χ4v) is 2.03. The van der Waals surface area contributed by atoms with Gasteiger partial charge in [0.25, 0.3) is 5.91 Å². The predicted octanol–water partition coefficient (Wildman–Crippen LogP) is 1.40. The van der Waals surface area contributed by atoms with Crippen molar-refractivity contribution in [2.75, 3.05) is 7.11 Å². The molecule has 2 aromatic carbocycles. The first kappa shape index (κ1) is 17.0. The number of nitrogens with one attached hydrogen (secondary N) is 2. The average Bonchev–Trinajstić information content (AvgIpc) is 2.60. The van der Waals surface area contributed by atoms with Crippen LogP contribution in [0.25, 0.3) is 0 Å². The predicted molar refractivity (Wildman–Crippen MR) is 85.7 cm³/mol. The van der Waals surface area contributed by atoms with E-state index in [-0.39, 0.29) is 17.5 Å². The van der Waals surface area contributed by atoms with Crippen LogP contribution in [0.4, 0.5) is 0 Å². The van der Waals surface area contributed by atoms with E-state index in [1.54, 1.807) is 37.4 Å². The lowest BCUT2D eigenvalue weighted by Crippen LogP contribution is -2.42. The van der Waals surface area contributed by atoms with Crippen molar-refractivity contribution in [1.82, 2.24) is 10.9 Å². The van der Waals surface area contributed by atoms with Gasteiger partial charge < -0.3 is 9.84 Å². The maximum Gasteiger partial charge on any atom is 0.336 e. The molecule has 124 valence electrons. The third-order valence-corrected chi connectivity index (χ3v) is 3.24. The van der Waals surface area contributed by atoms with Crippen LogP contribution in [0.15, 0.2) is 48.5 Å². The first-order chi connectivity index (χ1) is 11.5. The van der Waals surface area contributed by atoms with Gasteiger partial charge in [0.15, 0.2) is 0 Å². The SMILES string of the molecule is COc1ccc(CC(=O)NNC(=O)c2ccccc2C(=O)O)cc1. The number of rotatable bonds is 5. The molecular formula is C17H16N2O5. The lowest BCUT2D eigenvalue weighted by molar-refractivity contribution is -0.121. The molecular weight excluding hydrogens is 312 g/mol. The normalized spacial score (nSPS) is 9.88. The van der Waals surface area contributed by atoms with Crippen LogP contribution < -0.4 is 15.6 Å². The maximum absolute atomic E-state index is 12.0. The highest BCUT2D eigenvalue weighted by Crippen LogP contribution is 2.11. The first-order valence-corrected chi connectivity index (χ1v) is 7.05. The van der Waals surface area contributed by atoms with Gasteiger partial charge in [0.05, 0.1) is 24.7 Å². The van der Waals surface area contributed by atoms with Crippen LogP contribution >= 0.6 is 0 Å². The van der Waals surface area contributed by atoms with E-state index in [1.807, 2.05) is 0 Å². The number of hydrogen-bond donors (Lipinski definition) is 3. The van der Waals surface area contributed by atoms with Crippen molar-refractivity contribution >= 4 is 17.8 Å². The molecule has 7 heteroatoms. The maximum atomic E-state index is 12.0. The number of carboxylic acids is 1. The molecule has 0 radical (unpaired) electrons. The fourth-order valence-electron chi connectivity index (χ4n) is 2.03. The summed E-state index contributed by atoms with van der Waals surface area (Å²) in [5, 5.41) is 9.05. The van der Waals surface area contributed by atoms with E-state index in [2.05, 4.69) is 10.9 Å². The summed E-state index contributed by atoms with van der Waals surface area (Å²) in [4.78, 5) is 34.9. The molecule has 0 bridgehead atoms. The van der Waals surface area contributed by atoms with Gasteiger partial charge >= 0.3 is 5.97 Å². The molecule has 0 atom stereocenters. The smallest absolute Gasteiger partial charge is 0.336 e. The summed E-state index contributed by atoms with van der Waals surface area (Å²) in [5.74, 6) is -1.67. The Morgan fingerprint density at radius 1 is 0.958 bits per heavy atom. The molecule has 2 rings (SSSR count). The van der Waals surface area contributed by atoms with E-state index >= 15 is 0 Å². The molecule has 0 aliphatic heterocycles. The number of hydrogen-bond acceptors (Lipinski definition) is 4. The molecule has 2 aromatic rings. The summed E-state index contributed by atoms with van der Waals surface area (Å²) in [5.41, 5.74) is 5.04. The Morgan fingerprint density at radius 3 is 2.17 bits per heavy atom. The standard InChI is InChI=1S/C17H16N2O5/c1-24-12-8-6-11(7-9-12)10-15(20)18-19-16(21)13-4-2-3-5-14(13)17(22)23/h2-9H,10H2,1H3,(H,18,20)(H,19,21)(H,22,23). The van der Waals surface area contributed by atoms with Gasteiger partial charge in [0, 0.05) is 0 Å². The summed E-state index contributed by atoms with van der Waals surface area (Å²) in [7, 11) is 1.55. The number of carboxylic acid groups (broad SMARTS) is 1. The second-order valence-corrected chi connectivity index (χ2v) is 4.88. The van der Waals surface area contributed by atoms with Gasteiger partial charge in [0.1, 0.15) is 5.75 Å². The van der Waals surface area contributed by atoms with Crippen molar-refractivity contribution in [1.29, 1.82) is 0 Å². The highest BCUT2D eigenvalue weighted by atomic mass is 16.5. The summed E-state index contributed by atoms with van der Waals surface area (Å²) >= 11 is 0. The Labute approximate surface area is 138 Å². The molecule has 0 heterocycles. The minimum absolute atomic E-state index is 0.0326. The Hall–Kier alpha value is -3.35. The van der Waals surface area contributed by atoms with Gasteiger partial charge in [-0.25, -0.2) is 4.79 Å². The quantitative estimate of drug-likeness (QED) is 0.720. The van der Waals surface area contributed by atoms with Gasteiger partial charge in [-0.3, -0.25) is 20.4 Å². The highest BCUT2D eigenvalue weighted by Gasteiger charge is 2.16. The number of carbonyl (C=O) groups excluding carboxylic acids is 2. The lowest BCUT2D eigenvalue weighted by Gasteiger charge is -2.09. The molecule has 0 saturated carbocycles. The van der Waals surface area contributed by atoms with Crippen LogP contribution in [0.3, 0.4) is 0 Å². The molecule has 0 aliphatic carbocycles. The van der Waals surface area contributed by atoms with Gasteiger partial charge in [-0.05, 0) is 29.8 Å². The number of benzene rings is 2. The minimum atomic E-state index is -1.22. The van der Waals surface area contributed by atoms with E-state index < -0.39 is 17.8 Å². The summed E-state index contributed by atoms with van der Waals surface area (Å²) in [6.45, 7) is 0. The second-order valence-electron chi connectivity index (χ2n) is 4.88. The Kier molecular flexibility index (Phi) is 5.51. The molecule has 0 saturated heterocycles. The molecule has 7 nitrogen and oxygen atoms in total. The molecule has 0 fully saturated rings. The van der Waals surface area contributed by atoms with Crippen LogP contribution in [0.5, 0.6) is 5.75 Å². The van der Waals surface area contributed by atoms with Gasteiger partial charge in [0.2, 0.25) is 5.91 Å². The molecule has 2 amide bonds. The summed E-state index contributed by atoms with van der Waals surface area (Å²) < 4.78 is 5.03. The van der Waals surface area contributed by atoms with E-state index in [0.717, 1.165) is 5.56 Å². The minimum Gasteiger partial charge on any atom is -0.497 e. The van der Waals surface area contributed by atoms with E-state index in [0.29, 0.717) is 5.75 Å². The van der Waals surface area contributed by atoms with Gasteiger partial charge in [-0.2, -0.15) is 0 Å². The molecule has 0 unspecified atom stereocenters. The zero-order chi connectivity index (χ0) is 17.5. The second kappa shape index (κ2) is 7.77. The molecule has 3 N–H and O–H groups in total. The zero-order valence-corrected chi connectivity index (χ0v) is 12.9. The van der Waals surface area contributed by atoms with Crippen LogP contribution in [-0.4, -0.2) is 30.0 Å². The Morgan fingerprint density at radius 2 is 1.58 bits per heavy atom. The van der Waals surface area contributed by atoms with Crippen molar-refractivity contribution in [3.8, 4) is 5.75 Å². The largest absolute Gasteiger partial charge is 0.497 e. The lowest BCUT2D eigenvalue weighted by atomic mass is 10.1. The number of carbonyl (C=O) groups is 3. The van der Waals surface area contributed by atoms with E-state index in [1.165, 1.54) is 18.2 Å². The third kappa shape index (κ3) is 4.33. The van der Waals surface area contributed by atoms with Crippen molar-refractivity contribution in [2.24, 2.45) is 0 Å². The van der Waals surface area contributed by atoms with Gasteiger partial charge in [-0.15, -0.1) is 0 Å². The molecule has 24 heavy (non-hydrogen) atoms. The van der Waals surface area contributed by atoms with Crippen LogP contribution in [0, 0.1) is 0 Å². The van der Waals surface area contributed by atoms with E-state index in [9.17, 15) is 14.4 Å². The monoisotopic (exact) mass is 328 g/mol. The van der Waals surface area contributed by atoms with Crippen molar-refractivity contribution in [3.63, 3.8) is 0 Å². The molecule has 0 aliphatic rings. The van der Waals surface area contributed by atoms with Crippen LogP contribution in [0.2, 0.25) is 0 Å². The molecule has 0 aromatic heterocycles. The topological polar surface area (TPSA) is 105 Å². The molecule has 0 spiro atoms. The Bertz CT molecular complexity index is 756. The van der Waals surface area contributed by atoms with Crippen LogP contribution in [0.1, 0.15) is 26.3 Å². The summed E-state index contributed by atoms with van der Waals surface area (Å²) in [6, 6.07) is 12.7. The highest BCUT2D eigenvalue weighted by molar-refractivity contribution is 6.05. The first-order valence-electron chi connectivity index (χ1n) is 7.05. The number of ether oxygens (including phenoxy) is 1. The fraction of sp³-hybridized carbons (Fsp3) is 0.118. The number of methoxy groups -OCH3 is 1. The van der Waals surface area contributed by atoms with E-state index in [4.69, 9.17) is 9.84 Å². The third-order valence-electron chi connectivity index (χ3n) is 3.24. The van der Waals surface area contributed by atoms with Crippen molar-refractivity contribution < 1.29 is 24.2 Å². The Balaban J connectivity index is 1.93. The van der Waals surface area contributed by atoms with Crippen molar-refractivity contribution in [2.45, 2.75) is 6.42 Å². The van der Waals surface area contributed by atoms with Gasteiger partial charge in [-0.1, -0.05) is 24.3 Å². The average molecular weight is 328 g/mol.